The minimum absolute atomic E-state index is 0.0926. The van der Waals surface area contributed by atoms with E-state index in [1.807, 2.05) is 0 Å². The van der Waals surface area contributed by atoms with Crippen molar-refractivity contribution < 1.29 is 4.79 Å². The zero-order valence-electron chi connectivity index (χ0n) is 8.42. The highest BCUT2D eigenvalue weighted by Gasteiger charge is 2.20. The van der Waals surface area contributed by atoms with Crippen molar-refractivity contribution in [1.82, 2.24) is 10.9 Å². The molecule has 2 unspecified atom stereocenters. The largest absolute Gasteiger partial charge is 0.291 e. The summed E-state index contributed by atoms with van der Waals surface area (Å²) in [6.07, 6.45) is 9.29. The smallest absolute Gasteiger partial charge is 0.234 e. The molecule has 1 amide bonds. The van der Waals surface area contributed by atoms with Crippen LogP contribution in [0.5, 0.6) is 0 Å². The molecule has 0 bridgehead atoms. The second-order valence-electron chi connectivity index (χ2n) is 4.06. The van der Waals surface area contributed by atoms with Crippen LogP contribution in [0, 0.1) is 5.92 Å². The first-order valence-electron chi connectivity index (χ1n) is 5.18. The quantitative estimate of drug-likeness (QED) is 0.657. The van der Waals surface area contributed by atoms with E-state index in [1.54, 1.807) is 0 Å². The van der Waals surface area contributed by atoms with Gasteiger partial charge in [0.05, 0.1) is 6.04 Å². The van der Waals surface area contributed by atoms with E-state index >= 15 is 0 Å². The van der Waals surface area contributed by atoms with Crippen LogP contribution < -0.4 is 10.9 Å². The molecule has 1 fully saturated rings. The average molecular weight is 192 g/mol. The van der Waals surface area contributed by atoms with Crippen molar-refractivity contribution in [1.29, 1.82) is 0 Å². The number of rotatable bonds is 1. The Bertz CT molecular complexity index is 284. The van der Waals surface area contributed by atoms with Crippen LogP contribution >= 0.6 is 0 Å². The predicted molar refractivity (Wildman–Crippen MR) is 55.3 cm³/mol. The second-order valence-corrected chi connectivity index (χ2v) is 4.06. The third-order valence-corrected chi connectivity index (χ3v) is 2.79. The third-order valence-electron chi connectivity index (χ3n) is 2.79. The number of allylic oxidation sites excluding steroid dienone is 2. The summed E-state index contributed by atoms with van der Waals surface area (Å²) < 4.78 is 0. The van der Waals surface area contributed by atoms with E-state index in [-0.39, 0.29) is 5.91 Å². The van der Waals surface area contributed by atoms with E-state index in [1.165, 1.54) is 5.57 Å². The van der Waals surface area contributed by atoms with Gasteiger partial charge in [0.2, 0.25) is 5.91 Å². The average Bonchev–Trinajstić information content (AvgIpc) is 2.21. The highest BCUT2D eigenvalue weighted by atomic mass is 16.2. The van der Waals surface area contributed by atoms with Gasteiger partial charge in [-0.05, 0) is 24.3 Å². The number of nitrogens with one attached hydrogen (secondary N) is 2. The Morgan fingerprint density at radius 2 is 2.36 bits per heavy atom. The molecule has 1 heterocycles. The number of hydrazine groups is 1. The zero-order valence-corrected chi connectivity index (χ0v) is 8.42. The summed E-state index contributed by atoms with van der Waals surface area (Å²) in [4.78, 5) is 10.9. The van der Waals surface area contributed by atoms with Gasteiger partial charge in [0.25, 0.3) is 0 Å². The maximum absolute atomic E-state index is 10.9. The molecule has 0 spiro atoms. The summed E-state index contributed by atoms with van der Waals surface area (Å²) in [5.41, 5.74) is 7.02. The van der Waals surface area contributed by atoms with Gasteiger partial charge in [0, 0.05) is 6.42 Å². The first-order chi connectivity index (χ1) is 6.75. The van der Waals surface area contributed by atoms with Crippen LogP contribution in [0.1, 0.15) is 26.2 Å². The van der Waals surface area contributed by atoms with Crippen molar-refractivity contribution in [2.45, 2.75) is 32.2 Å². The molecule has 76 valence electrons. The van der Waals surface area contributed by atoms with E-state index in [4.69, 9.17) is 0 Å². The minimum Gasteiger partial charge on any atom is -0.291 e. The lowest BCUT2D eigenvalue weighted by Crippen LogP contribution is -2.49. The Balaban J connectivity index is 1.96. The first kappa shape index (κ1) is 9.46. The topological polar surface area (TPSA) is 41.1 Å². The van der Waals surface area contributed by atoms with Crippen LogP contribution in [0.15, 0.2) is 23.8 Å². The second kappa shape index (κ2) is 3.96. The van der Waals surface area contributed by atoms with Crippen LogP contribution in [0.4, 0.5) is 0 Å². The molecule has 1 aliphatic carbocycles. The number of hydrogen-bond donors (Lipinski definition) is 2. The van der Waals surface area contributed by atoms with Gasteiger partial charge in [-0.25, -0.2) is 5.43 Å². The molecule has 1 saturated heterocycles. The standard InChI is InChI=1S/C11H16N2O/c1-8-2-4-9(5-3-8)10-6-7-11(14)13-12-10/h2,4-5,8,10,12H,3,6-7H2,1H3,(H,13,14). The van der Waals surface area contributed by atoms with E-state index in [2.05, 4.69) is 36.0 Å². The Morgan fingerprint density at radius 3 is 2.93 bits per heavy atom. The molecule has 2 N–H and O–H groups in total. The minimum atomic E-state index is 0.0926. The Hall–Kier alpha value is -1.09. The fraction of sp³-hybridized carbons (Fsp3) is 0.545. The summed E-state index contributed by atoms with van der Waals surface area (Å²) in [6.45, 7) is 2.21. The van der Waals surface area contributed by atoms with Crippen LogP contribution in [0.25, 0.3) is 0 Å². The van der Waals surface area contributed by atoms with Crippen molar-refractivity contribution in [2.75, 3.05) is 0 Å². The summed E-state index contributed by atoms with van der Waals surface area (Å²) >= 11 is 0. The predicted octanol–water partition coefficient (Wildman–Crippen LogP) is 1.29. The maximum atomic E-state index is 10.9. The van der Waals surface area contributed by atoms with Gasteiger partial charge in [-0.1, -0.05) is 25.2 Å². The normalized spacial score (nSPS) is 32.4. The Kier molecular flexibility index (Phi) is 2.68. The number of carbonyl (C=O) groups excluding carboxylic acids is 1. The summed E-state index contributed by atoms with van der Waals surface area (Å²) in [5, 5.41) is 0. The summed E-state index contributed by atoms with van der Waals surface area (Å²) in [7, 11) is 0. The summed E-state index contributed by atoms with van der Waals surface area (Å²) in [5.74, 6) is 0.743. The van der Waals surface area contributed by atoms with E-state index in [0.717, 1.165) is 12.8 Å². The van der Waals surface area contributed by atoms with Crippen LogP contribution in [0.3, 0.4) is 0 Å². The highest BCUT2D eigenvalue weighted by Crippen LogP contribution is 2.20. The lowest BCUT2D eigenvalue weighted by molar-refractivity contribution is -0.123. The van der Waals surface area contributed by atoms with Crippen LogP contribution in [-0.4, -0.2) is 11.9 Å². The zero-order chi connectivity index (χ0) is 9.97. The number of carbonyl (C=O) groups is 1. The van der Waals surface area contributed by atoms with Crippen molar-refractivity contribution >= 4 is 5.91 Å². The molecule has 0 aromatic carbocycles. The number of amides is 1. The molecule has 3 nitrogen and oxygen atoms in total. The molecule has 2 atom stereocenters. The molecule has 2 rings (SSSR count). The molecule has 1 aliphatic heterocycles. The molecule has 0 saturated carbocycles. The van der Waals surface area contributed by atoms with Gasteiger partial charge in [0.1, 0.15) is 0 Å². The highest BCUT2D eigenvalue weighted by molar-refractivity contribution is 5.76. The molecule has 0 radical (unpaired) electrons. The van der Waals surface area contributed by atoms with Crippen molar-refractivity contribution in [3.63, 3.8) is 0 Å². The number of hydrogen-bond acceptors (Lipinski definition) is 2. The fourth-order valence-electron chi connectivity index (χ4n) is 1.83. The van der Waals surface area contributed by atoms with E-state index < -0.39 is 0 Å². The monoisotopic (exact) mass is 192 g/mol. The lowest BCUT2D eigenvalue weighted by atomic mass is 9.92. The molecule has 14 heavy (non-hydrogen) atoms. The first-order valence-corrected chi connectivity index (χ1v) is 5.18. The van der Waals surface area contributed by atoms with Crippen molar-refractivity contribution in [3.8, 4) is 0 Å². The van der Waals surface area contributed by atoms with Gasteiger partial charge in [0.15, 0.2) is 0 Å². The molecule has 3 heteroatoms. The van der Waals surface area contributed by atoms with E-state index in [0.29, 0.717) is 18.4 Å². The summed E-state index contributed by atoms with van der Waals surface area (Å²) in [6, 6.07) is 0.302. The van der Waals surface area contributed by atoms with Gasteiger partial charge in [-0.2, -0.15) is 0 Å². The Labute approximate surface area is 84.2 Å². The van der Waals surface area contributed by atoms with Gasteiger partial charge in [-0.3, -0.25) is 10.2 Å². The maximum Gasteiger partial charge on any atom is 0.234 e. The molecular weight excluding hydrogens is 176 g/mol. The Morgan fingerprint density at radius 1 is 1.50 bits per heavy atom. The molecular formula is C11H16N2O. The van der Waals surface area contributed by atoms with E-state index in [9.17, 15) is 4.79 Å². The van der Waals surface area contributed by atoms with Crippen molar-refractivity contribution in [3.05, 3.63) is 23.8 Å². The SMILES string of the molecule is CC1C=CC(C2CCC(=O)NN2)=CC1. The van der Waals surface area contributed by atoms with Crippen LogP contribution in [-0.2, 0) is 4.79 Å². The molecule has 2 aliphatic rings. The fourth-order valence-corrected chi connectivity index (χ4v) is 1.83. The van der Waals surface area contributed by atoms with Gasteiger partial charge < -0.3 is 0 Å². The van der Waals surface area contributed by atoms with Gasteiger partial charge in [-0.15, -0.1) is 0 Å². The molecule has 0 aromatic heterocycles. The molecule has 0 aromatic rings. The van der Waals surface area contributed by atoms with Crippen LogP contribution in [0.2, 0.25) is 0 Å². The van der Waals surface area contributed by atoms with Gasteiger partial charge >= 0.3 is 0 Å². The lowest BCUT2D eigenvalue weighted by Gasteiger charge is -2.26. The van der Waals surface area contributed by atoms with Crippen molar-refractivity contribution in [2.24, 2.45) is 5.92 Å². The third kappa shape index (κ3) is 2.04.